The molecule has 0 spiro atoms. The third-order valence-corrected chi connectivity index (χ3v) is 2.42. The van der Waals surface area contributed by atoms with Crippen LogP contribution in [0.15, 0.2) is 6.33 Å². The molecule has 1 aromatic heterocycles. The van der Waals surface area contributed by atoms with Crippen molar-refractivity contribution in [2.75, 3.05) is 6.54 Å². The van der Waals surface area contributed by atoms with Gasteiger partial charge in [0.25, 0.3) is 10.2 Å². The van der Waals surface area contributed by atoms with E-state index in [1.165, 1.54) is 6.33 Å². The van der Waals surface area contributed by atoms with Crippen LogP contribution in [0.5, 0.6) is 0 Å². The summed E-state index contributed by atoms with van der Waals surface area (Å²) < 4.78 is 26.7. The quantitative estimate of drug-likeness (QED) is 0.559. The molecule has 0 aliphatic rings. The standard InChI is InChI=1S/C5H11N5O2S/c1-2-8-13(11,12)9-3-5-6-4-7-10-5/h4,8-9H,2-3H2,1H3,(H,6,7,10). The predicted molar refractivity (Wildman–Crippen MR) is 45.8 cm³/mol. The van der Waals surface area contributed by atoms with E-state index >= 15 is 0 Å². The molecule has 0 saturated heterocycles. The minimum Gasteiger partial charge on any atom is -0.262 e. The highest BCUT2D eigenvalue weighted by Gasteiger charge is 2.07. The Hall–Kier alpha value is -0.990. The average molecular weight is 205 g/mol. The van der Waals surface area contributed by atoms with Crippen LogP contribution in [0, 0.1) is 0 Å². The fraction of sp³-hybridized carbons (Fsp3) is 0.600. The van der Waals surface area contributed by atoms with Crippen molar-refractivity contribution in [2.24, 2.45) is 0 Å². The molecule has 8 heteroatoms. The normalized spacial score (nSPS) is 11.8. The van der Waals surface area contributed by atoms with Gasteiger partial charge in [-0.05, 0) is 0 Å². The van der Waals surface area contributed by atoms with Crippen LogP contribution in [0.3, 0.4) is 0 Å². The Morgan fingerprint density at radius 1 is 1.54 bits per heavy atom. The van der Waals surface area contributed by atoms with Gasteiger partial charge < -0.3 is 0 Å². The molecule has 0 aliphatic heterocycles. The van der Waals surface area contributed by atoms with Crippen LogP contribution >= 0.6 is 0 Å². The first-order chi connectivity index (χ1) is 6.14. The van der Waals surface area contributed by atoms with Crippen molar-refractivity contribution in [1.82, 2.24) is 24.6 Å². The largest absolute Gasteiger partial charge is 0.277 e. The van der Waals surface area contributed by atoms with Gasteiger partial charge in [-0.1, -0.05) is 6.92 Å². The second-order valence-corrected chi connectivity index (χ2v) is 3.84. The fourth-order valence-electron chi connectivity index (χ4n) is 0.720. The maximum Gasteiger partial charge on any atom is 0.277 e. The van der Waals surface area contributed by atoms with Crippen molar-refractivity contribution in [3.05, 3.63) is 12.2 Å². The fourth-order valence-corrected chi connectivity index (χ4v) is 1.53. The van der Waals surface area contributed by atoms with Crippen LogP contribution in [-0.2, 0) is 16.8 Å². The van der Waals surface area contributed by atoms with Crippen LogP contribution in [0.4, 0.5) is 0 Å². The number of H-pyrrole nitrogens is 1. The topological polar surface area (TPSA) is 99.8 Å². The molecule has 0 aromatic carbocycles. The Morgan fingerprint density at radius 2 is 2.31 bits per heavy atom. The first kappa shape index (κ1) is 10.1. The first-order valence-electron chi connectivity index (χ1n) is 3.72. The Labute approximate surface area is 76.1 Å². The maximum atomic E-state index is 11.0. The van der Waals surface area contributed by atoms with E-state index < -0.39 is 10.2 Å². The number of nitrogens with zero attached hydrogens (tertiary/aromatic N) is 2. The Bertz CT molecular complexity index is 332. The minimum atomic E-state index is -3.40. The second-order valence-electron chi connectivity index (χ2n) is 2.25. The Balaban J connectivity index is 2.43. The lowest BCUT2D eigenvalue weighted by atomic mass is 10.6. The molecule has 0 unspecified atom stereocenters. The van der Waals surface area contributed by atoms with E-state index in [0.29, 0.717) is 12.4 Å². The van der Waals surface area contributed by atoms with Gasteiger partial charge in [0, 0.05) is 6.54 Å². The van der Waals surface area contributed by atoms with Gasteiger partial charge >= 0.3 is 0 Å². The first-order valence-corrected chi connectivity index (χ1v) is 5.21. The molecule has 7 nitrogen and oxygen atoms in total. The molecule has 0 radical (unpaired) electrons. The zero-order chi connectivity index (χ0) is 9.73. The average Bonchev–Trinajstić information content (AvgIpc) is 2.52. The van der Waals surface area contributed by atoms with E-state index in [9.17, 15) is 8.42 Å². The SMILES string of the molecule is CCNS(=O)(=O)NCc1ncn[nH]1. The lowest BCUT2D eigenvalue weighted by Crippen LogP contribution is -2.36. The summed E-state index contributed by atoms with van der Waals surface area (Å²) in [4.78, 5) is 3.76. The van der Waals surface area contributed by atoms with Crippen LogP contribution in [-0.4, -0.2) is 30.1 Å². The molecular weight excluding hydrogens is 194 g/mol. The Morgan fingerprint density at radius 3 is 2.85 bits per heavy atom. The molecule has 0 fully saturated rings. The molecule has 1 aromatic rings. The predicted octanol–water partition coefficient (Wildman–Crippen LogP) is -1.25. The molecule has 0 bridgehead atoms. The Kier molecular flexibility index (Phi) is 3.34. The highest BCUT2D eigenvalue weighted by atomic mass is 32.2. The molecule has 3 N–H and O–H groups in total. The van der Waals surface area contributed by atoms with Crippen LogP contribution < -0.4 is 9.44 Å². The van der Waals surface area contributed by atoms with Crippen molar-refractivity contribution in [1.29, 1.82) is 0 Å². The van der Waals surface area contributed by atoms with Gasteiger partial charge in [-0.25, -0.2) is 9.71 Å². The summed E-state index contributed by atoms with van der Waals surface area (Å²) in [6, 6.07) is 0. The van der Waals surface area contributed by atoms with Gasteiger partial charge in [-0.2, -0.15) is 18.2 Å². The minimum absolute atomic E-state index is 0.106. The molecule has 0 aliphatic carbocycles. The smallest absolute Gasteiger partial charge is 0.262 e. The molecule has 0 amide bonds. The molecular formula is C5H11N5O2S. The maximum absolute atomic E-state index is 11.0. The van der Waals surface area contributed by atoms with E-state index in [1.54, 1.807) is 6.92 Å². The van der Waals surface area contributed by atoms with E-state index in [4.69, 9.17) is 0 Å². The number of hydrogen-bond acceptors (Lipinski definition) is 4. The third kappa shape index (κ3) is 3.49. The lowest BCUT2D eigenvalue weighted by Gasteiger charge is -2.03. The molecule has 13 heavy (non-hydrogen) atoms. The number of aromatic amines is 1. The second kappa shape index (κ2) is 4.30. The summed E-state index contributed by atoms with van der Waals surface area (Å²) in [5.41, 5.74) is 0. The summed E-state index contributed by atoms with van der Waals surface area (Å²) in [5, 5.41) is 6.11. The molecule has 1 heterocycles. The third-order valence-electron chi connectivity index (χ3n) is 1.23. The van der Waals surface area contributed by atoms with Gasteiger partial charge in [0.1, 0.15) is 12.2 Å². The van der Waals surface area contributed by atoms with Crippen molar-refractivity contribution < 1.29 is 8.42 Å². The summed E-state index contributed by atoms with van der Waals surface area (Å²) in [6.07, 6.45) is 1.32. The summed E-state index contributed by atoms with van der Waals surface area (Å²) in [7, 11) is -3.40. The monoisotopic (exact) mass is 205 g/mol. The summed E-state index contributed by atoms with van der Waals surface area (Å²) >= 11 is 0. The summed E-state index contributed by atoms with van der Waals surface area (Å²) in [6.45, 7) is 2.16. The van der Waals surface area contributed by atoms with E-state index in [0.717, 1.165) is 0 Å². The molecule has 0 atom stereocenters. The van der Waals surface area contributed by atoms with E-state index in [-0.39, 0.29) is 6.54 Å². The van der Waals surface area contributed by atoms with Crippen molar-refractivity contribution in [2.45, 2.75) is 13.5 Å². The van der Waals surface area contributed by atoms with Crippen molar-refractivity contribution in [3.63, 3.8) is 0 Å². The zero-order valence-corrected chi connectivity index (χ0v) is 7.93. The molecule has 0 saturated carbocycles. The number of nitrogens with one attached hydrogen (secondary N) is 3. The number of aromatic nitrogens is 3. The van der Waals surface area contributed by atoms with Gasteiger partial charge in [0.2, 0.25) is 0 Å². The van der Waals surface area contributed by atoms with Gasteiger partial charge in [0.15, 0.2) is 0 Å². The molecule has 1 rings (SSSR count). The van der Waals surface area contributed by atoms with Gasteiger partial charge in [-0.15, -0.1) is 0 Å². The lowest BCUT2D eigenvalue weighted by molar-refractivity contribution is 0.566. The highest BCUT2D eigenvalue weighted by molar-refractivity contribution is 7.87. The number of hydrogen-bond donors (Lipinski definition) is 3. The van der Waals surface area contributed by atoms with Crippen LogP contribution in [0.1, 0.15) is 12.7 Å². The van der Waals surface area contributed by atoms with Crippen molar-refractivity contribution in [3.8, 4) is 0 Å². The van der Waals surface area contributed by atoms with Crippen LogP contribution in [0.25, 0.3) is 0 Å². The van der Waals surface area contributed by atoms with Gasteiger partial charge in [0.05, 0.1) is 6.54 Å². The highest BCUT2D eigenvalue weighted by Crippen LogP contribution is 1.85. The van der Waals surface area contributed by atoms with Gasteiger partial charge in [-0.3, -0.25) is 5.10 Å². The number of rotatable bonds is 5. The van der Waals surface area contributed by atoms with E-state index in [2.05, 4.69) is 24.6 Å². The summed E-state index contributed by atoms with van der Waals surface area (Å²) in [5.74, 6) is 0.474. The molecule has 74 valence electrons. The van der Waals surface area contributed by atoms with E-state index in [1.807, 2.05) is 0 Å². The zero-order valence-electron chi connectivity index (χ0n) is 7.11. The van der Waals surface area contributed by atoms with Crippen LogP contribution in [0.2, 0.25) is 0 Å². The van der Waals surface area contributed by atoms with Crippen molar-refractivity contribution >= 4 is 10.2 Å².